The number of carbonyl (C=O) groups excluding carboxylic acids is 2. The summed E-state index contributed by atoms with van der Waals surface area (Å²) in [5, 5.41) is 0. The van der Waals surface area contributed by atoms with Gasteiger partial charge in [-0.15, -0.1) is 0 Å². The molecule has 0 aromatic rings. The Kier molecular flexibility index (Phi) is 5.08. The average Bonchev–Trinajstić information content (AvgIpc) is 1.96. The fourth-order valence-electron chi connectivity index (χ4n) is 2.16. The predicted molar refractivity (Wildman–Crippen MR) is 68.7 cm³/mol. The summed E-state index contributed by atoms with van der Waals surface area (Å²) >= 11 is -3.92. The van der Waals surface area contributed by atoms with Crippen LogP contribution < -0.4 is 0 Å². The van der Waals surface area contributed by atoms with Crippen LogP contribution in [0.25, 0.3) is 0 Å². The van der Waals surface area contributed by atoms with Gasteiger partial charge in [0.15, 0.2) is 0 Å². The molecule has 0 atom stereocenters. The zero-order valence-corrected chi connectivity index (χ0v) is 15.0. The molecule has 0 bridgehead atoms. The van der Waals surface area contributed by atoms with Gasteiger partial charge in [0.25, 0.3) is 0 Å². The van der Waals surface area contributed by atoms with Crippen LogP contribution in [0.1, 0.15) is 55.4 Å². The Morgan fingerprint density at radius 1 is 0.765 bits per heavy atom. The average molecular weight is 351 g/mol. The first-order chi connectivity index (χ1) is 7.33. The summed E-state index contributed by atoms with van der Waals surface area (Å²) in [6.07, 6.45) is 0. The van der Waals surface area contributed by atoms with E-state index in [1.165, 1.54) is 13.8 Å². The first-order valence-corrected chi connectivity index (χ1v) is 10.9. The molecule has 0 unspecified atom stereocenters. The zero-order chi connectivity index (χ0) is 14.1. The Hall–Kier alpha value is -0.261. The predicted octanol–water partition coefficient (Wildman–Crippen LogP) is 3.16. The second kappa shape index (κ2) is 5.16. The molecule has 0 radical (unpaired) electrons. The molecule has 0 heterocycles. The van der Waals surface area contributed by atoms with E-state index in [0.29, 0.717) is 0 Å². The summed E-state index contributed by atoms with van der Waals surface area (Å²) in [5.41, 5.74) is 0. The monoisotopic (exact) mass is 352 g/mol. The molecule has 0 aliphatic rings. The topological polar surface area (TPSA) is 52.6 Å². The van der Waals surface area contributed by atoms with Gasteiger partial charge in [0.2, 0.25) is 0 Å². The molecule has 17 heavy (non-hydrogen) atoms. The van der Waals surface area contributed by atoms with Crippen molar-refractivity contribution in [2.75, 3.05) is 0 Å². The summed E-state index contributed by atoms with van der Waals surface area (Å²) in [7, 11) is 0. The Bertz CT molecular complexity index is 277. The molecule has 0 rings (SSSR count). The maximum atomic E-state index is 11.4. The maximum absolute atomic E-state index is 11.4. The Morgan fingerprint density at radius 2 is 1.00 bits per heavy atom. The first kappa shape index (κ1) is 16.7. The van der Waals surface area contributed by atoms with Crippen molar-refractivity contribution < 1.29 is 15.7 Å². The van der Waals surface area contributed by atoms with E-state index in [0.717, 1.165) is 0 Å². The summed E-state index contributed by atoms with van der Waals surface area (Å²) < 4.78 is 10.6. The molecule has 0 saturated carbocycles. The number of hydrogen-bond acceptors (Lipinski definition) is 4. The van der Waals surface area contributed by atoms with Gasteiger partial charge >= 0.3 is 109 Å². The van der Waals surface area contributed by atoms with Crippen LogP contribution in [0.4, 0.5) is 0 Å². The minimum atomic E-state index is -3.92. The van der Waals surface area contributed by atoms with Crippen LogP contribution in [0.3, 0.4) is 0 Å². The van der Waals surface area contributed by atoms with Crippen LogP contribution >= 0.6 is 0 Å². The van der Waals surface area contributed by atoms with Gasteiger partial charge in [0.1, 0.15) is 0 Å². The molecule has 0 saturated heterocycles. The molecule has 4 nitrogen and oxygen atoms in total. The summed E-state index contributed by atoms with van der Waals surface area (Å²) in [4.78, 5) is 22.7. The molecule has 0 aromatic heterocycles. The van der Waals surface area contributed by atoms with Gasteiger partial charge in [-0.05, 0) is 0 Å². The van der Waals surface area contributed by atoms with E-state index in [1.807, 2.05) is 41.5 Å². The third-order valence-corrected chi connectivity index (χ3v) is 17.1. The van der Waals surface area contributed by atoms with Crippen molar-refractivity contribution in [2.45, 2.75) is 62.3 Å². The molecule has 0 spiro atoms. The van der Waals surface area contributed by atoms with Crippen molar-refractivity contribution in [2.24, 2.45) is 0 Å². The number of rotatable bonds is 2. The normalized spacial score (nSPS) is 13.2. The molecule has 0 amide bonds. The molecular weight excluding hydrogens is 327 g/mol. The molecule has 0 aliphatic heterocycles. The van der Waals surface area contributed by atoms with E-state index in [2.05, 4.69) is 0 Å². The number of carbonyl (C=O) groups is 2. The van der Waals surface area contributed by atoms with Crippen LogP contribution in [0.15, 0.2) is 0 Å². The second-order valence-corrected chi connectivity index (χ2v) is 19.6. The van der Waals surface area contributed by atoms with E-state index in [9.17, 15) is 9.59 Å². The van der Waals surface area contributed by atoms with Crippen molar-refractivity contribution in [3.63, 3.8) is 0 Å². The molecule has 0 fully saturated rings. The molecule has 0 aliphatic carbocycles. The van der Waals surface area contributed by atoms with Gasteiger partial charge in [-0.3, -0.25) is 0 Å². The van der Waals surface area contributed by atoms with Crippen molar-refractivity contribution in [1.82, 2.24) is 0 Å². The van der Waals surface area contributed by atoms with Gasteiger partial charge in [-0.1, -0.05) is 0 Å². The van der Waals surface area contributed by atoms with Crippen molar-refractivity contribution in [1.29, 1.82) is 0 Å². The van der Waals surface area contributed by atoms with Crippen LogP contribution in [-0.4, -0.2) is 31.1 Å². The fourth-order valence-corrected chi connectivity index (χ4v) is 14.5. The number of hydrogen-bond donors (Lipinski definition) is 0. The van der Waals surface area contributed by atoms with Crippen LogP contribution in [0.2, 0.25) is 6.86 Å². The quantitative estimate of drug-likeness (QED) is 0.718. The van der Waals surface area contributed by atoms with E-state index in [1.54, 1.807) is 0 Å². The van der Waals surface area contributed by atoms with Crippen LogP contribution in [-0.2, 0) is 15.7 Å². The van der Waals surface area contributed by atoms with Crippen molar-refractivity contribution >= 4 is 31.1 Å². The van der Waals surface area contributed by atoms with E-state index in [-0.39, 0.29) is 18.8 Å². The van der Waals surface area contributed by atoms with Crippen LogP contribution in [0.5, 0.6) is 0 Å². The third-order valence-electron chi connectivity index (χ3n) is 2.55. The summed E-state index contributed by atoms with van der Waals surface area (Å²) in [5.74, 6) is -0.737. The minimum absolute atomic E-state index is 0.315. The fraction of sp³-hybridized carbons (Fsp3) is 0.833. The van der Waals surface area contributed by atoms with Gasteiger partial charge in [0, 0.05) is 0 Å². The molecular formula is C12H24O4Sn. The molecule has 0 N–H and O–H groups in total. The zero-order valence-electron chi connectivity index (χ0n) is 12.1. The SMILES string of the molecule is CC(=O)[O][Sn]([O]C(C)=O)([C](C)(C)C)[C](C)(C)C. The van der Waals surface area contributed by atoms with Gasteiger partial charge in [-0.2, -0.15) is 0 Å². The van der Waals surface area contributed by atoms with Gasteiger partial charge < -0.3 is 0 Å². The Balaban J connectivity index is 5.71. The van der Waals surface area contributed by atoms with E-state index >= 15 is 0 Å². The summed E-state index contributed by atoms with van der Waals surface area (Å²) in [6.45, 7) is 14.6. The Labute approximate surface area is 109 Å². The van der Waals surface area contributed by atoms with E-state index in [4.69, 9.17) is 6.15 Å². The molecule has 5 heteroatoms. The van der Waals surface area contributed by atoms with Crippen LogP contribution in [0, 0.1) is 0 Å². The second-order valence-electron chi connectivity index (χ2n) is 6.30. The molecule has 0 aromatic carbocycles. The van der Waals surface area contributed by atoms with Gasteiger partial charge in [-0.25, -0.2) is 0 Å². The third kappa shape index (κ3) is 3.86. The van der Waals surface area contributed by atoms with E-state index < -0.39 is 19.2 Å². The first-order valence-electron chi connectivity index (χ1n) is 5.72. The summed E-state index contributed by atoms with van der Waals surface area (Å²) in [6, 6.07) is 0. The van der Waals surface area contributed by atoms with Crippen molar-refractivity contribution in [3.05, 3.63) is 0 Å². The van der Waals surface area contributed by atoms with Crippen molar-refractivity contribution in [3.8, 4) is 0 Å². The molecule has 100 valence electrons. The standard InChI is InChI=1S/2C4H9.2C2H4O2.Sn/c2*1-4(2)3;2*1-2(3)4;/h2*1-3H3;2*1H3,(H,3,4);/q;;;;+2/p-2. The van der Waals surface area contributed by atoms with Gasteiger partial charge in [0.05, 0.1) is 0 Å². The Morgan fingerprint density at radius 3 is 1.12 bits per heavy atom.